The fourth-order valence-electron chi connectivity index (χ4n) is 2.06. The molecule has 0 radical (unpaired) electrons. The molecule has 1 N–H and O–H groups in total. The predicted molar refractivity (Wildman–Crippen MR) is 96.3 cm³/mol. The number of nitro groups is 1. The molecule has 0 bridgehead atoms. The molecule has 0 heterocycles. The van der Waals surface area contributed by atoms with Gasteiger partial charge >= 0.3 is 0 Å². The molecule has 0 atom stereocenters. The van der Waals surface area contributed by atoms with Crippen molar-refractivity contribution in [3.05, 3.63) is 70.0 Å². The van der Waals surface area contributed by atoms with Gasteiger partial charge in [-0.25, -0.2) is 4.39 Å². The van der Waals surface area contributed by atoms with Crippen LogP contribution in [0.2, 0.25) is 0 Å². The summed E-state index contributed by atoms with van der Waals surface area (Å²) in [6.45, 7) is 0. The van der Waals surface area contributed by atoms with Crippen LogP contribution in [-0.2, 0) is 10.0 Å². The zero-order chi connectivity index (χ0) is 19.2. The molecule has 2 aromatic carbocycles. The summed E-state index contributed by atoms with van der Waals surface area (Å²) in [5, 5.41) is 14.6. The molecule has 0 aliphatic heterocycles. The Balaban J connectivity index is 2.25. The number of hydrazone groups is 1. The molecule has 0 saturated carbocycles. The monoisotopic (exact) mass is 399 g/mol. The maximum Gasteiger partial charge on any atom is 0.276 e. The maximum absolute atomic E-state index is 13.1. The van der Waals surface area contributed by atoms with Crippen LogP contribution in [0.15, 0.2) is 58.5 Å². The van der Waals surface area contributed by atoms with Crippen LogP contribution < -0.4 is 4.83 Å². The third-order valence-electron chi connectivity index (χ3n) is 3.38. The minimum atomic E-state index is -4.01. The zero-order valence-electron chi connectivity index (χ0n) is 13.4. The fraction of sp³-hybridized carbons (Fsp3) is 0.188. The van der Waals surface area contributed by atoms with Gasteiger partial charge in [0, 0.05) is 18.0 Å². The van der Waals surface area contributed by atoms with Crippen LogP contribution in [0.1, 0.15) is 18.4 Å². The number of halogens is 2. The Bertz CT molecular complexity index is 900. The summed E-state index contributed by atoms with van der Waals surface area (Å²) < 4.78 is 37.7. The van der Waals surface area contributed by atoms with Gasteiger partial charge in [-0.3, -0.25) is 10.1 Å². The largest absolute Gasteiger partial charge is 0.276 e. The number of hydrogen-bond donors (Lipinski definition) is 1. The third-order valence-corrected chi connectivity index (χ3v) is 4.87. The Hall–Kier alpha value is -2.52. The Morgan fingerprint density at radius 3 is 2.31 bits per heavy atom. The molecule has 0 aromatic heterocycles. The molecule has 26 heavy (non-hydrogen) atoms. The number of sulfonamides is 1. The highest BCUT2D eigenvalue weighted by Gasteiger charge is 2.16. The van der Waals surface area contributed by atoms with Gasteiger partial charge in [0.05, 0.1) is 15.5 Å². The van der Waals surface area contributed by atoms with Crippen molar-refractivity contribution >= 4 is 33.0 Å². The van der Waals surface area contributed by atoms with Crippen molar-refractivity contribution < 1.29 is 17.7 Å². The van der Waals surface area contributed by atoms with Crippen LogP contribution in [0, 0.1) is 15.9 Å². The lowest BCUT2D eigenvalue weighted by atomic mass is 10.1. The fourth-order valence-corrected chi connectivity index (χ4v) is 3.02. The number of benzene rings is 2. The van der Waals surface area contributed by atoms with Gasteiger partial charge in [0.1, 0.15) is 5.82 Å². The summed E-state index contributed by atoms with van der Waals surface area (Å²) in [6.07, 6.45) is 0.939. The Morgan fingerprint density at radius 1 is 1.15 bits per heavy atom. The molecule has 2 aromatic rings. The number of alkyl halides is 1. The lowest BCUT2D eigenvalue weighted by Gasteiger charge is -2.08. The molecule has 0 spiro atoms. The van der Waals surface area contributed by atoms with E-state index in [0.29, 0.717) is 30.0 Å². The Morgan fingerprint density at radius 2 is 1.77 bits per heavy atom. The molecule has 0 fully saturated rings. The Labute approximate surface area is 154 Å². The van der Waals surface area contributed by atoms with Crippen LogP contribution in [0.3, 0.4) is 0 Å². The van der Waals surface area contributed by atoms with Crippen molar-refractivity contribution in [1.29, 1.82) is 0 Å². The summed E-state index contributed by atoms with van der Waals surface area (Å²) in [6, 6.07) is 9.88. The molecule has 10 heteroatoms. The van der Waals surface area contributed by atoms with E-state index in [1.807, 2.05) is 0 Å². The van der Waals surface area contributed by atoms with Crippen LogP contribution >= 0.6 is 11.6 Å². The second kappa shape index (κ2) is 8.72. The summed E-state index contributed by atoms with van der Waals surface area (Å²) in [5.41, 5.74) is 0.737. The van der Waals surface area contributed by atoms with E-state index in [4.69, 9.17) is 11.6 Å². The standard InChI is InChI=1S/C16H15ClFN3O4S/c17-11-1-2-16(12-3-5-13(18)6-4-12)19-20-26(24,25)15-9-7-14(8-10-15)21(22)23/h3-10,20H,1-2,11H2/b19-16-. The second-order valence-electron chi connectivity index (χ2n) is 5.20. The van der Waals surface area contributed by atoms with Gasteiger partial charge in [0.25, 0.3) is 15.7 Å². The first kappa shape index (κ1) is 19.8. The van der Waals surface area contributed by atoms with Crippen molar-refractivity contribution in [2.24, 2.45) is 5.10 Å². The van der Waals surface area contributed by atoms with Gasteiger partial charge in [-0.05, 0) is 42.7 Å². The van der Waals surface area contributed by atoms with Crippen molar-refractivity contribution in [2.45, 2.75) is 17.7 Å². The highest BCUT2D eigenvalue weighted by molar-refractivity contribution is 7.89. The van der Waals surface area contributed by atoms with E-state index in [0.717, 1.165) is 24.3 Å². The molecule has 2 rings (SSSR count). The predicted octanol–water partition coefficient (Wildman–Crippen LogP) is 3.44. The summed E-state index contributed by atoms with van der Waals surface area (Å²) in [5.74, 6) is -0.0631. The average molecular weight is 400 g/mol. The quantitative estimate of drug-likeness (QED) is 0.318. The zero-order valence-corrected chi connectivity index (χ0v) is 15.0. The first-order chi connectivity index (χ1) is 12.3. The van der Waals surface area contributed by atoms with Crippen molar-refractivity contribution in [2.75, 3.05) is 5.88 Å². The molecule has 0 saturated heterocycles. The van der Waals surface area contributed by atoms with Crippen molar-refractivity contribution in [1.82, 2.24) is 4.83 Å². The second-order valence-corrected chi connectivity index (χ2v) is 7.24. The lowest BCUT2D eigenvalue weighted by Crippen LogP contribution is -2.20. The van der Waals surface area contributed by atoms with Gasteiger partial charge in [-0.15, -0.1) is 11.6 Å². The first-order valence-corrected chi connectivity index (χ1v) is 9.50. The number of nitrogens with zero attached hydrogens (tertiary/aromatic N) is 2. The molecular formula is C16H15ClFN3O4S. The van der Waals surface area contributed by atoms with E-state index in [1.54, 1.807) is 0 Å². The smallest absolute Gasteiger partial charge is 0.258 e. The first-order valence-electron chi connectivity index (χ1n) is 7.48. The third kappa shape index (κ3) is 5.24. The number of hydrogen-bond acceptors (Lipinski definition) is 5. The summed E-state index contributed by atoms with van der Waals surface area (Å²) >= 11 is 5.68. The van der Waals surface area contributed by atoms with Crippen LogP contribution in [0.25, 0.3) is 0 Å². The van der Waals surface area contributed by atoms with Crippen LogP contribution in [0.4, 0.5) is 10.1 Å². The molecule has 7 nitrogen and oxygen atoms in total. The number of non-ortho nitro benzene ring substituents is 1. The normalized spacial score (nSPS) is 12.0. The Kier molecular flexibility index (Phi) is 6.64. The van der Waals surface area contributed by atoms with Crippen molar-refractivity contribution in [3.8, 4) is 0 Å². The van der Waals surface area contributed by atoms with E-state index in [1.165, 1.54) is 24.3 Å². The average Bonchev–Trinajstić information content (AvgIpc) is 2.63. The van der Waals surface area contributed by atoms with Crippen molar-refractivity contribution in [3.63, 3.8) is 0 Å². The molecule has 0 unspecified atom stereocenters. The molecule has 0 aliphatic rings. The molecule has 138 valence electrons. The number of rotatable bonds is 8. The van der Waals surface area contributed by atoms with E-state index in [-0.39, 0.29) is 10.6 Å². The van der Waals surface area contributed by atoms with E-state index in [9.17, 15) is 22.9 Å². The minimum absolute atomic E-state index is 0.164. The van der Waals surface area contributed by atoms with Crippen LogP contribution in [0.5, 0.6) is 0 Å². The van der Waals surface area contributed by atoms with E-state index < -0.39 is 20.8 Å². The topological polar surface area (TPSA) is 102 Å². The lowest BCUT2D eigenvalue weighted by molar-refractivity contribution is -0.384. The summed E-state index contributed by atoms with van der Waals surface area (Å²) in [4.78, 5) is 12.0. The highest BCUT2D eigenvalue weighted by Crippen LogP contribution is 2.16. The van der Waals surface area contributed by atoms with Gasteiger partial charge in [0.15, 0.2) is 0 Å². The van der Waals surface area contributed by atoms with Crippen LogP contribution in [-0.4, -0.2) is 24.9 Å². The van der Waals surface area contributed by atoms with Gasteiger partial charge in [0.2, 0.25) is 0 Å². The van der Waals surface area contributed by atoms with Gasteiger partial charge in [-0.2, -0.15) is 18.4 Å². The number of nitro benzene ring substituents is 1. The van der Waals surface area contributed by atoms with E-state index >= 15 is 0 Å². The highest BCUT2D eigenvalue weighted by atomic mass is 35.5. The minimum Gasteiger partial charge on any atom is -0.258 e. The molecule has 0 amide bonds. The molecule has 0 aliphatic carbocycles. The summed E-state index contributed by atoms with van der Waals surface area (Å²) in [7, 11) is -4.01. The SMILES string of the molecule is O=[N+]([O-])c1ccc(S(=O)(=O)N/N=C(/CCCCl)c2ccc(F)cc2)cc1. The maximum atomic E-state index is 13.1. The van der Waals surface area contributed by atoms with Gasteiger partial charge < -0.3 is 0 Å². The van der Waals surface area contributed by atoms with Gasteiger partial charge in [-0.1, -0.05) is 12.1 Å². The van der Waals surface area contributed by atoms with E-state index in [2.05, 4.69) is 9.93 Å². The number of nitrogens with one attached hydrogen (secondary N) is 1. The molecular weight excluding hydrogens is 385 g/mol.